The normalized spacial score (nSPS) is 16.3. The van der Waals surface area contributed by atoms with Crippen molar-refractivity contribution < 1.29 is 4.74 Å². The number of nitrogens with one attached hydrogen (secondary N) is 1. The Kier molecular flexibility index (Phi) is 6.68. The van der Waals surface area contributed by atoms with Crippen LogP contribution in [0.15, 0.2) is 18.2 Å². The lowest BCUT2D eigenvalue weighted by Gasteiger charge is -2.22. The van der Waals surface area contributed by atoms with Gasteiger partial charge in [-0.2, -0.15) is 0 Å². The van der Waals surface area contributed by atoms with Crippen LogP contribution in [0.4, 0.5) is 0 Å². The van der Waals surface area contributed by atoms with Gasteiger partial charge in [-0.05, 0) is 56.0 Å². The Bertz CT molecular complexity index is 402. The van der Waals surface area contributed by atoms with Gasteiger partial charge >= 0.3 is 0 Å². The molecule has 0 heterocycles. The van der Waals surface area contributed by atoms with E-state index in [0.717, 1.165) is 48.4 Å². The molecule has 1 saturated carbocycles. The Labute approximate surface area is 127 Å². The smallest absolute Gasteiger partial charge is 0.119 e. The first-order chi connectivity index (χ1) is 9.79. The maximum absolute atomic E-state index is 6.10. The molecule has 3 heteroatoms. The molecule has 1 aliphatic carbocycles. The van der Waals surface area contributed by atoms with Gasteiger partial charge in [-0.3, -0.25) is 0 Å². The van der Waals surface area contributed by atoms with Crippen molar-refractivity contribution in [3.05, 3.63) is 28.8 Å². The maximum Gasteiger partial charge on any atom is 0.119 e. The first-order valence-corrected chi connectivity index (χ1v) is 8.32. The van der Waals surface area contributed by atoms with E-state index in [4.69, 9.17) is 16.3 Å². The molecule has 0 bridgehead atoms. The van der Waals surface area contributed by atoms with E-state index in [-0.39, 0.29) is 0 Å². The van der Waals surface area contributed by atoms with Crippen LogP contribution in [-0.4, -0.2) is 19.2 Å². The van der Waals surface area contributed by atoms with Crippen LogP contribution in [0.1, 0.15) is 51.0 Å². The van der Waals surface area contributed by atoms with Gasteiger partial charge in [0.1, 0.15) is 5.75 Å². The average Bonchev–Trinajstić information content (AvgIpc) is 2.49. The minimum Gasteiger partial charge on any atom is -0.494 e. The lowest BCUT2D eigenvalue weighted by atomic mass is 9.95. The van der Waals surface area contributed by atoms with Gasteiger partial charge in [-0.25, -0.2) is 0 Å². The number of hydrogen-bond acceptors (Lipinski definition) is 2. The van der Waals surface area contributed by atoms with Crippen LogP contribution in [0.3, 0.4) is 0 Å². The van der Waals surface area contributed by atoms with Crippen molar-refractivity contribution in [3.63, 3.8) is 0 Å². The zero-order chi connectivity index (χ0) is 14.2. The molecule has 0 atom stereocenters. The van der Waals surface area contributed by atoms with Gasteiger partial charge < -0.3 is 10.1 Å². The molecule has 2 rings (SSSR count). The molecule has 1 aromatic rings. The number of ether oxygens (including phenoxy) is 1. The van der Waals surface area contributed by atoms with Gasteiger partial charge in [0.25, 0.3) is 0 Å². The zero-order valence-corrected chi connectivity index (χ0v) is 13.2. The molecule has 0 aromatic heterocycles. The second kappa shape index (κ2) is 8.53. The highest BCUT2D eigenvalue weighted by molar-refractivity contribution is 6.31. The van der Waals surface area contributed by atoms with Crippen molar-refractivity contribution >= 4 is 11.6 Å². The summed E-state index contributed by atoms with van der Waals surface area (Å²) in [6, 6.07) is 6.68. The van der Waals surface area contributed by atoms with E-state index in [1.807, 2.05) is 12.1 Å². The molecule has 1 fully saturated rings. The third kappa shape index (κ3) is 4.99. The highest BCUT2D eigenvalue weighted by atomic mass is 35.5. The number of halogens is 1. The van der Waals surface area contributed by atoms with Crippen molar-refractivity contribution in [2.45, 2.75) is 57.9 Å². The van der Waals surface area contributed by atoms with Crippen LogP contribution < -0.4 is 10.1 Å². The summed E-state index contributed by atoms with van der Waals surface area (Å²) in [5.74, 6) is 0.934. The minimum atomic E-state index is 0.742. The predicted molar refractivity (Wildman–Crippen MR) is 85.8 cm³/mol. The molecule has 0 saturated heterocycles. The monoisotopic (exact) mass is 295 g/mol. The Morgan fingerprint density at radius 1 is 1.25 bits per heavy atom. The second-order valence-electron chi connectivity index (χ2n) is 5.60. The highest BCUT2D eigenvalue weighted by Crippen LogP contribution is 2.22. The molecule has 1 N–H and O–H groups in total. The summed E-state index contributed by atoms with van der Waals surface area (Å²) < 4.78 is 5.79. The van der Waals surface area contributed by atoms with Gasteiger partial charge in [0.05, 0.1) is 6.61 Å². The van der Waals surface area contributed by atoms with E-state index in [2.05, 4.69) is 18.3 Å². The van der Waals surface area contributed by atoms with E-state index in [1.54, 1.807) is 0 Å². The molecule has 1 aromatic carbocycles. The molecular formula is C17H26ClNO. The third-order valence-electron chi connectivity index (χ3n) is 4.03. The first-order valence-electron chi connectivity index (χ1n) is 7.94. The van der Waals surface area contributed by atoms with E-state index < -0.39 is 0 Å². The minimum absolute atomic E-state index is 0.742. The standard InChI is InChI=1S/C17H26ClNO/c1-2-14-13-16(9-10-17(14)18)20-12-6-11-19-15-7-4-3-5-8-15/h9-10,13,15,19H,2-8,11-12H2,1H3. The SMILES string of the molecule is CCc1cc(OCCCNC2CCCCC2)ccc1Cl. The molecule has 1 aliphatic rings. The Balaban J connectivity index is 1.63. The molecule has 0 unspecified atom stereocenters. The van der Waals surface area contributed by atoms with Gasteiger partial charge in [0, 0.05) is 11.1 Å². The van der Waals surface area contributed by atoms with Crippen LogP contribution in [-0.2, 0) is 6.42 Å². The van der Waals surface area contributed by atoms with Gasteiger partial charge in [-0.15, -0.1) is 0 Å². The maximum atomic E-state index is 6.10. The molecule has 112 valence electrons. The van der Waals surface area contributed by atoms with Crippen molar-refractivity contribution in [2.75, 3.05) is 13.2 Å². The molecule has 2 nitrogen and oxygen atoms in total. The highest BCUT2D eigenvalue weighted by Gasteiger charge is 2.11. The van der Waals surface area contributed by atoms with Gasteiger partial charge in [0.2, 0.25) is 0 Å². The lowest BCUT2D eigenvalue weighted by molar-refractivity contribution is 0.296. The second-order valence-corrected chi connectivity index (χ2v) is 6.01. The fraction of sp³-hybridized carbons (Fsp3) is 0.647. The average molecular weight is 296 g/mol. The quantitative estimate of drug-likeness (QED) is 0.743. The van der Waals surface area contributed by atoms with Crippen LogP contribution in [0.25, 0.3) is 0 Å². The summed E-state index contributed by atoms with van der Waals surface area (Å²) in [4.78, 5) is 0. The number of aryl methyl sites for hydroxylation is 1. The van der Waals surface area contributed by atoms with E-state index in [9.17, 15) is 0 Å². The Morgan fingerprint density at radius 2 is 2.05 bits per heavy atom. The fourth-order valence-corrected chi connectivity index (χ4v) is 3.04. The van der Waals surface area contributed by atoms with Gasteiger partial charge in [-0.1, -0.05) is 37.8 Å². The van der Waals surface area contributed by atoms with Crippen molar-refractivity contribution in [1.29, 1.82) is 0 Å². The largest absolute Gasteiger partial charge is 0.494 e. The third-order valence-corrected chi connectivity index (χ3v) is 4.39. The molecule has 20 heavy (non-hydrogen) atoms. The van der Waals surface area contributed by atoms with Crippen LogP contribution in [0.2, 0.25) is 5.02 Å². The van der Waals surface area contributed by atoms with Gasteiger partial charge in [0.15, 0.2) is 0 Å². The zero-order valence-electron chi connectivity index (χ0n) is 12.5. The molecule has 0 radical (unpaired) electrons. The summed E-state index contributed by atoms with van der Waals surface area (Å²) in [5, 5.41) is 4.47. The lowest BCUT2D eigenvalue weighted by Crippen LogP contribution is -2.32. The Morgan fingerprint density at radius 3 is 2.80 bits per heavy atom. The van der Waals surface area contributed by atoms with Crippen LogP contribution in [0, 0.1) is 0 Å². The van der Waals surface area contributed by atoms with Crippen LogP contribution in [0.5, 0.6) is 5.75 Å². The molecular weight excluding hydrogens is 270 g/mol. The van der Waals surface area contributed by atoms with Crippen LogP contribution >= 0.6 is 11.6 Å². The molecule has 0 aliphatic heterocycles. The molecule has 0 amide bonds. The summed E-state index contributed by atoms with van der Waals surface area (Å²) >= 11 is 6.10. The summed E-state index contributed by atoms with van der Waals surface area (Å²) in [5.41, 5.74) is 1.16. The number of rotatable bonds is 7. The number of benzene rings is 1. The summed E-state index contributed by atoms with van der Waals surface area (Å²) in [7, 11) is 0. The van der Waals surface area contributed by atoms with Crippen molar-refractivity contribution in [2.24, 2.45) is 0 Å². The van der Waals surface area contributed by atoms with Crippen molar-refractivity contribution in [3.8, 4) is 5.75 Å². The Hall–Kier alpha value is -0.730. The van der Waals surface area contributed by atoms with E-state index >= 15 is 0 Å². The van der Waals surface area contributed by atoms with E-state index in [0.29, 0.717) is 0 Å². The summed E-state index contributed by atoms with van der Waals surface area (Å²) in [6.07, 6.45) is 8.88. The molecule has 0 spiro atoms. The van der Waals surface area contributed by atoms with E-state index in [1.165, 1.54) is 32.1 Å². The van der Waals surface area contributed by atoms with Crippen molar-refractivity contribution in [1.82, 2.24) is 5.32 Å². The topological polar surface area (TPSA) is 21.3 Å². The number of hydrogen-bond donors (Lipinski definition) is 1. The summed E-state index contributed by atoms with van der Waals surface area (Å²) in [6.45, 7) is 3.93. The predicted octanol–water partition coefficient (Wildman–Crippen LogP) is 4.59. The first kappa shape index (κ1) is 15.7. The fourth-order valence-electron chi connectivity index (χ4n) is 2.79.